The molecule has 0 aliphatic heterocycles. The summed E-state index contributed by atoms with van der Waals surface area (Å²) in [6.45, 7) is 2.50. The number of hydrogen-bond donors (Lipinski definition) is 0. The van der Waals surface area contributed by atoms with E-state index >= 15 is 0 Å². The van der Waals surface area contributed by atoms with Crippen molar-refractivity contribution >= 4 is 16.1 Å². The molecule has 9 heteroatoms. The highest BCUT2D eigenvalue weighted by molar-refractivity contribution is 7.87. The van der Waals surface area contributed by atoms with E-state index in [9.17, 15) is 26.4 Å². The van der Waals surface area contributed by atoms with E-state index in [0.29, 0.717) is 5.56 Å². The molecule has 0 heterocycles. The van der Waals surface area contributed by atoms with Gasteiger partial charge in [0, 0.05) is 0 Å². The maximum Gasteiger partial charge on any atom is 0.523 e. The first-order valence-electron chi connectivity index (χ1n) is 6.24. The molecule has 0 aliphatic carbocycles. The summed E-state index contributed by atoms with van der Waals surface area (Å²) in [4.78, 5) is 11.8. The maximum atomic E-state index is 12.3. The Labute approximate surface area is 126 Å². The number of hydrogen-bond acceptors (Lipinski definition) is 5. The minimum Gasteiger partial charge on any atom is -0.459 e. The van der Waals surface area contributed by atoms with Crippen LogP contribution in [0.4, 0.5) is 13.2 Å². The Morgan fingerprint density at radius 3 is 2.18 bits per heavy atom. The molecule has 0 aliphatic rings. The summed E-state index contributed by atoms with van der Waals surface area (Å²) >= 11 is 0. The number of ether oxygens (including phenoxy) is 1. The fourth-order valence-corrected chi connectivity index (χ4v) is 2.11. The minimum atomic E-state index is -5.87. The highest BCUT2D eigenvalue weighted by Crippen LogP contribution is 2.27. The van der Waals surface area contributed by atoms with Crippen LogP contribution in [0.2, 0.25) is 0 Å². The molecule has 22 heavy (non-hydrogen) atoms. The van der Waals surface area contributed by atoms with Crippen molar-refractivity contribution in [3.05, 3.63) is 35.9 Å². The third-order valence-corrected chi connectivity index (χ3v) is 3.60. The Bertz CT molecular complexity index is 596. The molecule has 0 saturated carbocycles. The Morgan fingerprint density at radius 1 is 1.18 bits per heavy atom. The van der Waals surface area contributed by atoms with E-state index in [2.05, 4.69) is 4.18 Å². The van der Waals surface area contributed by atoms with Gasteiger partial charge >= 0.3 is 21.6 Å². The second-order valence-electron chi connectivity index (χ2n) is 4.75. The molecule has 1 aromatic carbocycles. The zero-order valence-electron chi connectivity index (χ0n) is 11.8. The Kier molecular flexibility index (Phi) is 5.95. The largest absolute Gasteiger partial charge is 0.523 e. The molecule has 0 saturated heterocycles. The Hall–Kier alpha value is -1.61. The first-order chi connectivity index (χ1) is 10.0. The molecule has 1 atom stereocenters. The molecule has 0 fully saturated rings. The Balaban J connectivity index is 2.77. The van der Waals surface area contributed by atoms with Crippen LogP contribution < -0.4 is 0 Å². The van der Waals surface area contributed by atoms with Gasteiger partial charge < -0.3 is 4.74 Å². The van der Waals surface area contributed by atoms with E-state index in [-0.39, 0.29) is 6.61 Å². The van der Waals surface area contributed by atoms with Crippen LogP contribution in [0.3, 0.4) is 0 Å². The molecule has 0 amide bonds. The number of alkyl halides is 3. The SMILES string of the molecule is CC(C)[C@@H](OS(=O)(=O)C(F)(F)F)C(=O)OCc1ccccc1. The molecule has 0 spiro atoms. The normalized spacial score (nSPS) is 13.9. The van der Waals surface area contributed by atoms with Crippen molar-refractivity contribution in [2.45, 2.75) is 32.1 Å². The first-order valence-corrected chi connectivity index (χ1v) is 7.65. The van der Waals surface area contributed by atoms with Crippen molar-refractivity contribution in [2.24, 2.45) is 5.92 Å². The van der Waals surface area contributed by atoms with Crippen LogP contribution >= 0.6 is 0 Å². The third-order valence-electron chi connectivity index (χ3n) is 2.58. The molecule has 0 radical (unpaired) electrons. The van der Waals surface area contributed by atoms with Crippen molar-refractivity contribution < 1.29 is 35.3 Å². The van der Waals surface area contributed by atoms with E-state index in [0.717, 1.165) is 0 Å². The predicted molar refractivity (Wildman–Crippen MR) is 70.9 cm³/mol. The van der Waals surface area contributed by atoms with Crippen molar-refractivity contribution in [1.82, 2.24) is 0 Å². The molecule has 124 valence electrons. The van der Waals surface area contributed by atoms with E-state index in [1.165, 1.54) is 13.8 Å². The molecule has 0 unspecified atom stereocenters. The van der Waals surface area contributed by atoms with Gasteiger partial charge in [0.15, 0.2) is 6.10 Å². The van der Waals surface area contributed by atoms with E-state index in [1.807, 2.05) is 0 Å². The van der Waals surface area contributed by atoms with Gasteiger partial charge in [-0.1, -0.05) is 44.2 Å². The number of carbonyl (C=O) groups is 1. The minimum absolute atomic E-state index is 0.196. The zero-order chi connectivity index (χ0) is 17.0. The van der Waals surface area contributed by atoms with Crippen LogP contribution in [0.15, 0.2) is 30.3 Å². The van der Waals surface area contributed by atoms with E-state index in [1.54, 1.807) is 30.3 Å². The first kappa shape index (κ1) is 18.4. The molecule has 1 rings (SSSR count). The number of carbonyl (C=O) groups excluding carboxylic acids is 1. The number of rotatable bonds is 6. The van der Waals surface area contributed by atoms with Gasteiger partial charge in [0.1, 0.15) is 6.61 Å². The van der Waals surface area contributed by atoms with Crippen molar-refractivity contribution in [3.8, 4) is 0 Å². The lowest BCUT2D eigenvalue weighted by molar-refractivity contribution is -0.156. The molecule has 0 aromatic heterocycles. The molecule has 0 N–H and O–H groups in total. The summed E-state index contributed by atoms with van der Waals surface area (Å²) in [5, 5.41) is 0. The maximum absolute atomic E-state index is 12.3. The van der Waals surface area contributed by atoms with Gasteiger partial charge in [-0.3, -0.25) is 0 Å². The fourth-order valence-electron chi connectivity index (χ4n) is 1.42. The fraction of sp³-hybridized carbons (Fsp3) is 0.462. The van der Waals surface area contributed by atoms with Crippen molar-refractivity contribution in [1.29, 1.82) is 0 Å². The molecule has 5 nitrogen and oxygen atoms in total. The van der Waals surface area contributed by atoms with Gasteiger partial charge in [0.2, 0.25) is 0 Å². The van der Waals surface area contributed by atoms with Gasteiger partial charge in [-0.05, 0) is 11.5 Å². The molecule has 0 bridgehead atoms. The zero-order valence-corrected chi connectivity index (χ0v) is 12.6. The van der Waals surface area contributed by atoms with Crippen molar-refractivity contribution in [3.63, 3.8) is 0 Å². The Morgan fingerprint density at radius 2 is 1.73 bits per heavy atom. The van der Waals surface area contributed by atoms with Crippen LogP contribution in [0.1, 0.15) is 19.4 Å². The second-order valence-corrected chi connectivity index (χ2v) is 6.32. The number of esters is 1. The summed E-state index contributed by atoms with van der Waals surface area (Å²) in [5.41, 5.74) is -4.99. The predicted octanol–water partition coefficient (Wildman–Crippen LogP) is 2.62. The standard InChI is InChI=1S/C13H15F3O5S/c1-9(2)11(21-22(18,19)13(14,15)16)12(17)20-8-10-6-4-3-5-7-10/h3-7,9,11H,8H2,1-2H3/t11-/m1/s1. The van der Waals surface area contributed by atoms with Gasteiger partial charge in [-0.25, -0.2) is 8.98 Å². The molecular formula is C13H15F3O5S. The summed E-state index contributed by atoms with van der Waals surface area (Å²) < 4.78 is 67.7. The lowest BCUT2D eigenvalue weighted by Gasteiger charge is -2.20. The molecule has 1 aromatic rings. The smallest absolute Gasteiger partial charge is 0.459 e. The van der Waals surface area contributed by atoms with Crippen molar-refractivity contribution in [2.75, 3.05) is 0 Å². The lowest BCUT2D eigenvalue weighted by Crippen LogP contribution is -2.38. The summed E-state index contributed by atoms with van der Waals surface area (Å²) in [6, 6.07) is 8.40. The highest BCUT2D eigenvalue weighted by atomic mass is 32.2. The van der Waals surface area contributed by atoms with E-state index in [4.69, 9.17) is 4.74 Å². The lowest BCUT2D eigenvalue weighted by atomic mass is 10.1. The third kappa shape index (κ3) is 4.99. The molecular weight excluding hydrogens is 325 g/mol. The monoisotopic (exact) mass is 340 g/mol. The second kappa shape index (κ2) is 7.10. The summed E-state index contributed by atoms with van der Waals surface area (Å²) in [7, 11) is -5.87. The average Bonchev–Trinajstić information content (AvgIpc) is 2.42. The van der Waals surface area contributed by atoms with Gasteiger partial charge in [0.05, 0.1) is 0 Å². The topological polar surface area (TPSA) is 69.7 Å². The average molecular weight is 340 g/mol. The summed E-state index contributed by atoms with van der Waals surface area (Å²) in [6.07, 6.45) is -1.87. The highest BCUT2D eigenvalue weighted by Gasteiger charge is 2.50. The van der Waals surface area contributed by atoms with E-state index < -0.39 is 33.6 Å². The van der Waals surface area contributed by atoms with Gasteiger partial charge in [0.25, 0.3) is 0 Å². The number of benzene rings is 1. The van der Waals surface area contributed by atoms with Crippen LogP contribution in [0.25, 0.3) is 0 Å². The van der Waals surface area contributed by atoms with Crippen LogP contribution in [0.5, 0.6) is 0 Å². The van der Waals surface area contributed by atoms with Crippen LogP contribution in [0, 0.1) is 5.92 Å². The quantitative estimate of drug-likeness (QED) is 0.452. The van der Waals surface area contributed by atoms with Gasteiger partial charge in [-0.15, -0.1) is 0 Å². The van der Waals surface area contributed by atoms with Crippen LogP contribution in [-0.4, -0.2) is 26.0 Å². The van der Waals surface area contributed by atoms with Gasteiger partial charge in [-0.2, -0.15) is 21.6 Å². The summed E-state index contributed by atoms with van der Waals surface area (Å²) in [5.74, 6) is -1.99. The number of halogens is 3. The van der Waals surface area contributed by atoms with Crippen LogP contribution in [-0.2, 0) is 30.4 Å².